The Bertz CT molecular complexity index is 1050. The van der Waals surface area contributed by atoms with Gasteiger partial charge in [-0.1, -0.05) is 73.5 Å². The number of piperazine rings is 1. The fraction of sp³-hybridized carbons (Fsp3) is 0.483. The quantitative estimate of drug-likeness (QED) is 0.589. The predicted octanol–water partition coefficient (Wildman–Crippen LogP) is 4.04. The summed E-state index contributed by atoms with van der Waals surface area (Å²) < 4.78 is 5.58. The summed E-state index contributed by atoms with van der Waals surface area (Å²) >= 11 is 0. The van der Waals surface area contributed by atoms with Crippen LogP contribution >= 0.6 is 0 Å². The highest BCUT2D eigenvalue weighted by molar-refractivity contribution is 5.85. The smallest absolute Gasteiger partial charge is 0.410 e. The molecule has 5 rings (SSSR count). The number of hydrogen-bond acceptors (Lipinski definition) is 4. The molecule has 3 amide bonds. The lowest BCUT2D eigenvalue weighted by atomic mass is 10.1. The molecular formula is C29H35N3O4. The molecule has 2 aromatic carbocycles. The van der Waals surface area contributed by atoms with E-state index in [1.54, 1.807) is 9.80 Å². The van der Waals surface area contributed by atoms with Crippen LogP contribution in [-0.4, -0.2) is 71.4 Å². The van der Waals surface area contributed by atoms with Gasteiger partial charge in [-0.25, -0.2) is 4.79 Å². The lowest BCUT2D eigenvalue weighted by Gasteiger charge is -2.36. The van der Waals surface area contributed by atoms with Gasteiger partial charge in [0.05, 0.1) is 0 Å². The topological polar surface area (TPSA) is 70.2 Å². The summed E-state index contributed by atoms with van der Waals surface area (Å²) in [5.74, 6) is 0.513. The first kappa shape index (κ1) is 24.3. The lowest BCUT2D eigenvalue weighted by Crippen LogP contribution is -2.54. The van der Waals surface area contributed by atoms with Gasteiger partial charge in [0, 0.05) is 38.1 Å². The van der Waals surface area contributed by atoms with E-state index in [1.807, 2.05) is 53.4 Å². The Morgan fingerprint density at radius 3 is 2.11 bits per heavy atom. The van der Waals surface area contributed by atoms with E-state index < -0.39 is 6.09 Å². The third-order valence-corrected chi connectivity index (χ3v) is 7.79. The molecule has 7 nitrogen and oxygen atoms in total. The van der Waals surface area contributed by atoms with Gasteiger partial charge in [-0.15, -0.1) is 0 Å². The van der Waals surface area contributed by atoms with Crippen LogP contribution < -0.4 is 0 Å². The number of carbonyl (C=O) groups excluding carboxylic acids is 3. The van der Waals surface area contributed by atoms with Crippen LogP contribution in [0.1, 0.15) is 49.1 Å². The molecule has 3 aliphatic rings. The van der Waals surface area contributed by atoms with Gasteiger partial charge < -0.3 is 14.5 Å². The number of amides is 3. The fourth-order valence-electron chi connectivity index (χ4n) is 5.55. The van der Waals surface area contributed by atoms with Crippen LogP contribution in [0.5, 0.6) is 0 Å². The first-order valence-electron chi connectivity index (χ1n) is 13.2. The number of benzene rings is 2. The zero-order valence-electron chi connectivity index (χ0n) is 20.8. The van der Waals surface area contributed by atoms with E-state index in [0.717, 1.165) is 37.7 Å². The fourth-order valence-corrected chi connectivity index (χ4v) is 5.55. The van der Waals surface area contributed by atoms with Crippen molar-refractivity contribution < 1.29 is 19.1 Å². The molecule has 36 heavy (non-hydrogen) atoms. The van der Waals surface area contributed by atoms with E-state index in [2.05, 4.69) is 12.1 Å². The second-order valence-electron chi connectivity index (χ2n) is 10.2. The first-order valence-corrected chi connectivity index (χ1v) is 13.2. The second kappa shape index (κ2) is 11.1. The molecule has 1 aliphatic heterocycles. The van der Waals surface area contributed by atoms with Crippen molar-refractivity contribution >= 4 is 17.9 Å². The van der Waals surface area contributed by atoms with E-state index in [4.69, 9.17) is 4.74 Å². The molecule has 0 bridgehead atoms. The summed E-state index contributed by atoms with van der Waals surface area (Å²) in [6, 6.07) is 19.9. The molecule has 3 fully saturated rings. The number of rotatable bonds is 7. The van der Waals surface area contributed by atoms with Crippen LogP contribution in [-0.2, 0) is 20.9 Å². The van der Waals surface area contributed by atoms with Gasteiger partial charge in [-0.3, -0.25) is 14.5 Å². The predicted molar refractivity (Wildman–Crippen MR) is 136 cm³/mol. The average Bonchev–Trinajstić information content (AvgIpc) is 3.55. The molecule has 2 aromatic rings. The molecule has 0 aromatic heterocycles. The zero-order chi connectivity index (χ0) is 24.9. The number of carbonyl (C=O) groups is 3. The van der Waals surface area contributed by atoms with Crippen LogP contribution in [0.3, 0.4) is 0 Å². The highest BCUT2D eigenvalue weighted by Crippen LogP contribution is 2.48. The Hall–Kier alpha value is -3.35. The van der Waals surface area contributed by atoms with Gasteiger partial charge in [0.25, 0.3) is 0 Å². The van der Waals surface area contributed by atoms with Gasteiger partial charge in [0.2, 0.25) is 11.8 Å². The minimum absolute atomic E-state index is 0.0327. The normalized spacial score (nSPS) is 21.8. The first-order chi connectivity index (χ1) is 17.6. The van der Waals surface area contributed by atoms with Crippen molar-refractivity contribution in [1.29, 1.82) is 0 Å². The van der Waals surface area contributed by atoms with Crippen LogP contribution in [0.4, 0.5) is 4.79 Å². The van der Waals surface area contributed by atoms with Gasteiger partial charge in [-0.05, 0) is 36.3 Å². The maximum atomic E-state index is 13.2. The zero-order valence-corrected chi connectivity index (χ0v) is 20.8. The van der Waals surface area contributed by atoms with Crippen molar-refractivity contribution in [3.05, 3.63) is 71.8 Å². The van der Waals surface area contributed by atoms with Crippen LogP contribution in [0.25, 0.3) is 0 Å². The molecule has 190 valence electrons. The minimum atomic E-state index is -0.423. The van der Waals surface area contributed by atoms with Crippen molar-refractivity contribution in [2.45, 2.75) is 50.7 Å². The second-order valence-corrected chi connectivity index (χ2v) is 10.2. The SMILES string of the molecule is O=C(CN(C(=O)OCc1ccccc1)C1CCCC1)N1CCN(C(=O)C2C[C@H]2c2ccccc2)CC1. The van der Waals surface area contributed by atoms with E-state index in [9.17, 15) is 14.4 Å². The molecular weight excluding hydrogens is 454 g/mol. The Kier molecular flexibility index (Phi) is 7.54. The lowest BCUT2D eigenvalue weighted by molar-refractivity contribution is -0.141. The average molecular weight is 490 g/mol. The Morgan fingerprint density at radius 2 is 1.44 bits per heavy atom. The molecule has 7 heteroatoms. The minimum Gasteiger partial charge on any atom is -0.445 e. The highest BCUT2D eigenvalue weighted by Gasteiger charge is 2.46. The van der Waals surface area contributed by atoms with E-state index in [0.29, 0.717) is 32.1 Å². The molecule has 1 unspecified atom stereocenters. The van der Waals surface area contributed by atoms with Crippen molar-refractivity contribution in [1.82, 2.24) is 14.7 Å². The Balaban J connectivity index is 1.12. The van der Waals surface area contributed by atoms with Crippen LogP contribution in [0.2, 0.25) is 0 Å². The summed E-state index contributed by atoms with van der Waals surface area (Å²) in [7, 11) is 0. The summed E-state index contributed by atoms with van der Waals surface area (Å²) in [5.41, 5.74) is 2.16. The molecule has 0 N–H and O–H groups in total. The van der Waals surface area contributed by atoms with Gasteiger partial charge in [0.1, 0.15) is 13.2 Å². The summed E-state index contributed by atoms with van der Waals surface area (Å²) in [5, 5.41) is 0. The number of ether oxygens (including phenoxy) is 1. The summed E-state index contributed by atoms with van der Waals surface area (Å²) in [4.78, 5) is 44.5. The van der Waals surface area contributed by atoms with Crippen molar-refractivity contribution in [3.63, 3.8) is 0 Å². The van der Waals surface area contributed by atoms with Crippen molar-refractivity contribution in [3.8, 4) is 0 Å². The molecule has 2 aliphatic carbocycles. The molecule has 0 spiro atoms. The van der Waals surface area contributed by atoms with Crippen LogP contribution in [0, 0.1) is 5.92 Å². The van der Waals surface area contributed by atoms with Gasteiger partial charge in [-0.2, -0.15) is 0 Å². The van der Waals surface area contributed by atoms with E-state index >= 15 is 0 Å². The molecule has 0 radical (unpaired) electrons. The monoisotopic (exact) mass is 489 g/mol. The molecule has 1 saturated heterocycles. The maximum Gasteiger partial charge on any atom is 0.410 e. The molecule has 1 heterocycles. The largest absolute Gasteiger partial charge is 0.445 e. The Morgan fingerprint density at radius 1 is 0.833 bits per heavy atom. The summed E-state index contributed by atoms with van der Waals surface area (Å²) in [6.07, 6.45) is 4.41. The third kappa shape index (κ3) is 5.72. The number of nitrogens with zero attached hydrogens (tertiary/aromatic N) is 3. The summed E-state index contributed by atoms with van der Waals surface area (Å²) in [6.45, 7) is 2.33. The maximum absolute atomic E-state index is 13.2. The third-order valence-electron chi connectivity index (χ3n) is 7.79. The van der Waals surface area contributed by atoms with Crippen LogP contribution in [0.15, 0.2) is 60.7 Å². The van der Waals surface area contributed by atoms with Crippen molar-refractivity contribution in [2.24, 2.45) is 5.92 Å². The van der Waals surface area contributed by atoms with Crippen molar-refractivity contribution in [2.75, 3.05) is 32.7 Å². The Labute approximate surface area is 213 Å². The highest BCUT2D eigenvalue weighted by atomic mass is 16.6. The molecule has 2 atom stereocenters. The van der Waals surface area contributed by atoms with Gasteiger partial charge >= 0.3 is 6.09 Å². The van der Waals surface area contributed by atoms with E-state index in [-0.39, 0.29) is 36.9 Å². The standard InChI is InChI=1S/C29H35N3O4/c33-27(20-32(24-13-7-8-14-24)29(35)36-21-22-9-3-1-4-10-22)30-15-17-31(18-16-30)28(34)26-19-25(26)23-11-5-2-6-12-23/h1-6,9-12,24-26H,7-8,13-21H2/t25-,26?/m0/s1. The van der Waals surface area contributed by atoms with E-state index in [1.165, 1.54) is 5.56 Å². The number of hydrogen-bond donors (Lipinski definition) is 0. The molecule has 2 saturated carbocycles. The van der Waals surface area contributed by atoms with Gasteiger partial charge in [0.15, 0.2) is 0 Å².